The predicted octanol–water partition coefficient (Wildman–Crippen LogP) is 4.00. The summed E-state index contributed by atoms with van der Waals surface area (Å²) < 4.78 is 7.21. The van der Waals surface area contributed by atoms with Crippen LogP contribution in [-0.4, -0.2) is 32.6 Å². The molecule has 152 valence electrons. The van der Waals surface area contributed by atoms with Crippen molar-refractivity contribution in [2.45, 2.75) is 20.4 Å². The average Bonchev–Trinajstić information content (AvgIpc) is 3.37. The lowest BCUT2D eigenvalue weighted by Gasteiger charge is -2.10. The molecule has 0 aliphatic carbocycles. The number of carbonyl (C=O) groups is 1. The van der Waals surface area contributed by atoms with E-state index < -0.39 is 0 Å². The molecule has 4 rings (SSSR count). The Kier molecular flexibility index (Phi) is 5.10. The first kappa shape index (κ1) is 19.4. The Morgan fingerprint density at radius 3 is 2.83 bits per heavy atom. The van der Waals surface area contributed by atoms with Crippen LogP contribution in [0.5, 0.6) is 5.75 Å². The van der Waals surface area contributed by atoms with Crippen LogP contribution in [0.15, 0.2) is 55.6 Å². The van der Waals surface area contributed by atoms with Gasteiger partial charge < -0.3 is 14.5 Å². The highest BCUT2D eigenvalue weighted by Crippen LogP contribution is 2.24. The molecule has 30 heavy (non-hydrogen) atoms. The Balaban J connectivity index is 1.55. The lowest BCUT2D eigenvalue weighted by atomic mass is 10.0. The van der Waals surface area contributed by atoms with Crippen molar-refractivity contribution in [2.24, 2.45) is 0 Å². The van der Waals surface area contributed by atoms with Crippen LogP contribution in [0.4, 0.5) is 0 Å². The van der Waals surface area contributed by atoms with Gasteiger partial charge in [-0.2, -0.15) is 5.10 Å². The van der Waals surface area contributed by atoms with Gasteiger partial charge in [0.25, 0.3) is 5.91 Å². The summed E-state index contributed by atoms with van der Waals surface area (Å²) in [6, 6.07) is 9.69. The van der Waals surface area contributed by atoms with Crippen molar-refractivity contribution in [3.63, 3.8) is 0 Å². The third kappa shape index (κ3) is 3.69. The van der Waals surface area contributed by atoms with E-state index in [2.05, 4.69) is 27.1 Å². The molecule has 0 aliphatic heterocycles. The maximum Gasteiger partial charge on any atom is 0.272 e. The van der Waals surface area contributed by atoms with E-state index in [4.69, 9.17) is 4.74 Å². The number of allylic oxidation sites excluding steroid dienone is 1. The molecule has 0 radical (unpaired) electrons. The number of hydrogen-bond donors (Lipinski definition) is 2. The molecule has 0 saturated carbocycles. The van der Waals surface area contributed by atoms with E-state index in [1.807, 2.05) is 54.8 Å². The normalized spacial score (nSPS) is 10.9. The second-order valence-electron chi connectivity index (χ2n) is 7.24. The van der Waals surface area contributed by atoms with Gasteiger partial charge >= 0.3 is 0 Å². The summed E-state index contributed by atoms with van der Waals surface area (Å²) in [5.41, 5.74) is 6.98. The molecule has 1 amide bonds. The van der Waals surface area contributed by atoms with E-state index >= 15 is 0 Å². The highest BCUT2D eigenvalue weighted by atomic mass is 16.5. The van der Waals surface area contributed by atoms with Crippen LogP contribution in [0, 0.1) is 6.92 Å². The quantitative estimate of drug-likeness (QED) is 0.511. The second kappa shape index (κ2) is 7.87. The molecule has 0 atom stereocenters. The number of amides is 1. The van der Waals surface area contributed by atoms with E-state index in [9.17, 15) is 4.79 Å². The number of aryl methyl sites for hydroxylation is 1. The summed E-state index contributed by atoms with van der Waals surface area (Å²) in [5, 5.41) is 9.95. The summed E-state index contributed by atoms with van der Waals surface area (Å²) in [6.07, 6.45) is 5.38. The summed E-state index contributed by atoms with van der Waals surface area (Å²) in [7, 11) is 1.62. The largest absolute Gasteiger partial charge is 0.497 e. The number of benzene rings is 1. The lowest BCUT2D eigenvalue weighted by Crippen LogP contribution is -2.23. The van der Waals surface area contributed by atoms with Gasteiger partial charge in [0.2, 0.25) is 0 Å². The zero-order valence-corrected chi connectivity index (χ0v) is 17.2. The van der Waals surface area contributed by atoms with Gasteiger partial charge in [-0.3, -0.25) is 9.89 Å². The molecule has 3 aromatic heterocycles. The fraction of sp³-hybridized carbons (Fsp3) is 0.174. The molecule has 0 bridgehead atoms. The number of aromatic amines is 1. The van der Waals surface area contributed by atoms with Crippen LogP contribution in [-0.2, 0) is 6.54 Å². The topological polar surface area (TPSA) is 84.3 Å². The molecule has 7 nitrogen and oxygen atoms in total. The van der Waals surface area contributed by atoms with E-state index in [0.717, 1.165) is 44.8 Å². The van der Waals surface area contributed by atoms with E-state index in [1.54, 1.807) is 19.6 Å². The maximum atomic E-state index is 12.8. The number of H-pyrrole nitrogens is 1. The zero-order chi connectivity index (χ0) is 21.3. The number of nitrogens with one attached hydrogen (secondary N) is 2. The third-order valence-electron chi connectivity index (χ3n) is 5.03. The second-order valence-corrected chi connectivity index (χ2v) is 7.24. The summed E-state index contributed by atoms with van der Waals surface area (Å²) in [5.74, 6) is 0.499. The van der Waals surface area contributed by atoms with Crippen LogP contribution in [0.3, 0.4) is 0 Å². The highest BCUT2D eigenvalue weighted by Gasteiger charge is 2.15. The van der Waals surface area contributed by atoms with E-state index in [1.165, 1.54) is 0 Å². The van der Waals surface area contributed by atoms with Crippen molar-refractivity contribution < 1.29 is 9.53 Å². The van der Waals surface area contributed by atoms with Crippen molar-refractivity contribution in [2.75, 3.05) is 7.11 Å². The number of nitrogens with zero attached hydrogens (tertiary/aromatic N) is 3. The number of ether oxygens (including phenoxy) is 1. The number of fused-ring (bicyclic) bond motifs is 1. The highest BCUT2D eigenvalue weighted by molar-refractivity contribution is 5.99. The average molecular weight is 401 g/mol. The molecule has 7 heteroatoms. The minimum Gasteiger partial charge on any atom is -0.497 e. The molecular formula is C23H23N5O2. The number of pyridine rings is 1. The van der Waals surface area contributed by atoms with Gasteiger partial charge in [0.05, 0.1) is 18.8 Å². The minimum atomic E-state index is -0.232. The van der Waals surface area contributed by atoms with Crippen LogP contribution in [0.2, 0.25) is 0 Å². The van der Waals surface area contributed by atoms with Crippen molar-refractivity contribution in [1.29, 1.82) is 0 Å². The first-order chi connectivity index (χ1) is 14.5. The summed E-state index contributed by atoms with van der Waals surface area (Å²) in [6.45, 7) is 8.25. The molecule has 3 heterocycles. The van der Waals surface area contributed by atoms with Crippen LogP contribution < -0.4 is 10.1 Å². The first-order valence-corrected chi connectivity index (χ1v) is 9.55. The number of aromatic nitrogens is 4. The SMILES string of the molecule is C=C(C)c1cc(CNC(=O)c2ncn3cc(-c4cn[nH]c4C)ccc23)cc(OC)c1. The summed E-state index contributed by atoms with van der Waals surface area (Å²) >= 11 is 0. The van der Waals surface area contributed by atoms with Crippen LogP contribution in [0.25, 0.3) is 22.2 Å². The van der Waals surface area contributed by atoms with Crippen molar-refractivity contribution >= 4 is 17.0 Å². The molecule has 4 aromatic rings. The van der Waals surface area contributed by atoms with E-state index in [-0.39, 0.29) is 5.91 Å². The van der Waals surface area contributed by atoms with Gasteiger partial charge in [-0.1, -0.05) is 18.2 Å². The predicted molar refractivity (Wildman–Crippen MR) is 116 cm³/mol. The molecular weight excluding hydrogens is 378 g/mol. The van der Waals surface area contributed by atoms with Gasteiger partial charge in [0.15, 0.2) is 5.69 Å². The minimum absolute atomic E-state index is 0.232. The number of hydrogen-bond acceptors (Lipinski definition) is 4. The molecule has 0 fully saturated rings. The molecule has 2 N–H and O–H groups in total. The molecule has 0 unspecified atom stereocenters. The Morgan fingerprint density at radius 2 is 2.13 bits per heavy atom. The fourth-order valence-corrected chi connectivity index (χ4v) is 3.37. The summed E-state index contributed by atoms with van der Waals surface area (Å²) in [4.78, 5) is 17.1. The van der Waals surface area contributed by atoms with Crippen molar-refractivity contribution in [3.8, 4) is 16.9 Å². The molecule has 0 aliphatic rings. The van der Waals surface area contributed by atoms with Crippen LogP contribution in [0.1, 0.15) is 34.2 Å². The maximum absolute atomic E-state index is 12.8. The molecule has 0 spiro atoms. The van der Waals surface area contributed by atoms with Gasteiger partial charge in [-0.25, -0.2) is 4.98 Å². The smallest absolute Gasteiger partial charge is 0.272 e. The Bertz CT molecular complexity index is 1250. The van der Waals surface area contributed by atoms with Crippen molar-refractivity contribution in [1.82, 2.24) is 24.9 Å². The monoisotopic (exact) mass is 401 g/mol. The van der Waals surface area contributed by atoms with Crippen molar-refractivity contribution in [3.05, 3.63) is 78.1 Å². The third-order valence-corrected chi connectivity index (χ3v) is 5.03. The fourth-order valence-electron chi connectivity index (χ4n) is 3.37. The van der Waals surface area contributed by atoms with E-state index in [0.29, 0.717) is 12.2 Å². The number of carbonyl (C=O) groups excluding carboxylic acids is 1. The Labute approximate surface area is 174 Å². The standard InChI is InChI=1S/C23H23N5O2/c1-14(2)18-7-16(8-19(9-18)30-4)10-24-23(29)22-21-6-5-17(12-28(21)13-25-22)20-11-26-27-15(20)3/h5-9,11-13H,1,10H2,2-4H3,(H,24,29)(H,26,27). The van der Waals surface area contributed by atoms with Gasteiger partial charge in [-0.15, -0.1) is 0 Å². The molecule has 1 aromatic carbocycles. The van der Waals surface area contributed by atoms with Gasteiger partial charge in [0, 0.05) is 29.6 Å². The Morgan fingerprint density at radius 1 is 1.30 bits per heavy atom. The number of imidazole rings is 1. The van der Waals surface area contributed by atoms with Gasteiger partial charge in [0.1, 0.15) is 12.1 Å². The number of rotatable bonds is 6. The van der Waals surface area contributed by atoms with Gasteiger partial charge in [-0.05, 0) is 49.2 Å². The molecule has 0 saturated heterocycles. The Hall–Kier alpha value is -3.87. The number of methoxy groups -OCH3 is 1. The zero-order valence-electron chi connectivity index (χ0n) is 17.2. The first-order valence-electron chi connectivity index (χ1n) is 9.55. The lowest BCUT2D eigenvalue weighted by molar-refractivity contribution is 0.0948. The van der Waals surface area contributed by atoms with Crippen LogP contribution >= 0.6 is 0 Å².